The molecule has 0 saturated carbocycles. The molecule has 0 radical (unpaired) electrons. The second-order valence-corrected chi connectivity index (χ2v) is 3.59. The monoisotopic (exact) mass is 291 g/mol. The Morgan fingerprint density at radius 2 is 2.12 bits per heavy atom. The van der Waals surface area contributed by atoms with E-state index in [0.717, 1.165) is 6.07 Å². The van der Waals surface area contributed by atoms with Crippen molar-refractivity contribution in [2.45, 2.75) is 11.8 Å². The Morgan fingerprint density at radius 3 is 2.56 bits per heavy atom. The molecule has 1 aromatic carbocycles. The van der Waals surface area contributed by atoms with Crippen molar-refractivity contribution in [3.8, 4) is 0 Å². The zero-order valence-electron chi connectivity index (χ0n) is 7.94. The summed E-state index contributed by atoms with van der Waals surface area (Å²) in [7, 11) is 0. The fourth-order valence-corrected chi connectivity index (χ4v) is 1.67. The largest absolute Gasteiger partial charge is 0.481 e. The number of halogens is 2. The molecule has 0 saturated heterocycles. The molecule has 0 spiro atoms. The van der Waals surface area contributed by atoms with Gasteiger partial charge in [-0.25, -0.2) is 4.39 Å². The third-order valence-electron chi connectivity index (χ3n) is 1.93. The van der Waals surface area contributed by atoms with E-state index < -0.39 is 28.8 Å². The summed E-state index contributed by atoms with van der Waals surface area (Å²) >= 11 is 3.01. The molecule has 0 heterocycles. The first-order valence-electron chi connectivity index (χ1n) is 4.19. The predicted molar refractivity (Wildman–Crippen MR) is 57.0 cm³/mol. The van der Waals surface area contributed by atoms with Gasteiger partial charge in [0.1, 0.15) is 5.82 Å². The summed E-state index contributed by atoms with van der Waals surface area (Å²) in [5.74, 6) is -1.92. The van der Waals surface area contributed by atoms with Gasteiger partial charge in [-0.1, -0.05) is 15.9 Å². The molecule has 0 unspecified atom stereocenters. The normalized spacial score (nSPS) is 10.1. The lowest BCUT2D eigenvalue weighted by Gasteiger charge is -2.04. The van der Waals surface area contributed by atoms with E-state index in [2.05, 4.69) is 15.9 Å². The SMILES string of the molecule is O=C(O)Cc1cc(CBr)c(F)cc1[N+](=O)[O-]. The number of benzene rings is 1. The van der Waals surface area contributed by atoms with Crippen LogP contribution in [0.15, 0.2) is 12.1 Å². The third-order valence-corrected chi connectivity index (χ3v) is 2.53. The van der Waals surface area contributed by atoms with Crippen LogP contribution in [0, 0.1) is 15.9 Å². The molecule has 16 heavy (non-hydrogen) atoms. The van der Waals surface area contributed by atoms with E-state index in [-0.39, 0.29) is 16.5 Å². The fraction of sp³-hybridized carbons (Fsp3) is 0.222. The quantitative estimate of drug-likeness (QED) is 0.524. The zero-order chi connectivity index (χ0) is 12.3. The lowest BCUT2D eigenvalue weighted by Crippen LogP contribution is -2.05. The minimum atomic E-state index is -1.20. The van der Waals surface area contributed by atoms with Gasteiger partial charge < -0.3 is 5.11 Å². The summed E-state index contributed by atoms with van der Waals surface area (Å²) in [6.45, 7) is 0. The Balaban J connectivity index is 3.30. The smallest absolute Gasteiger partial charge is 0.308 e. The Bertz CT molecular complexity index is 449. The van der Waals surface area contributed by atoms with Gasteiger partial charge in [0.05, 0.1) is 17.4 Å². The summed E-state index contributed by atoms with van der Waals surface area (Å²) in [5, 5.41) is 19.3. The van der Waals surface area contributed by atoms with E-state index in [0.29, 0.717) is 0 Å². The molecular weight excluding hydrogens is 285 g/mol. The molecule has 0 amide bonds. The summed E-state index contributed by atoms with van der Waals surface area (Å²) in [6.07, 6.45) is -0.503. The summed E-state index contributed by atoms with van der Waals surface area (Å²) in [5.41, 5.74) is -0.320. The van der Waals surface area contributed by atoms with E-state index >= 15 is 0 Å². The van der Waals surface area contributed by atoms with Crippen LogP contribution in [0.3, 0.4) is 0 Å². The van der Waals surface area contributed by atoms with Crippen molar-refractivity contribution in [3.63, 3.8) is 0 Å². The zero-order valence-corrected chi connectivity index (χ0v) is 9.53. The van der Waals surface area contributed by atoms with Gasteiger partial charge in [-0.2, -0.15) is 0 Å². The Morgan fingerprint density at radius 1 is 1.50 bits per heavy atom. The van der Waals surface area contributed by atoms with E-state index in [4.69, 9.17) is 5.11 Å². The number of nitro groups is 1. The van der Waals surface area contributed by atoms with Crippen LogP contribution in [0.1, 0.15) is 11.1 Å². The number of hydrogen-bond donors (Lipinski definition) is 1. The molecule has 1 rings (SSSR count). The highest BCUT2D eigenvalue weighted by molar-refractivity contribution is 9.08. The fourth-order valence-electron chi connectivity index (χ4n) is 1.24. The highest BCUT2D eigenvalue weighted by Gasteiger charge is 2.19. The van der Waals surface area contributed by atoms with Crippen molar-refractivity contribution in [1.29, 1.82) is 0 Å². The molecule has 86 valence electrons. The molecule has 0 atom stereocenters. The number of nitro benzene ring substituents is 1. The van der Waals surface area contributed by atoms with Crippen LogP contribution < -0.4 is 0 Å². The Labute approximate surface area is 98.2 Å². The van der Waals surface area contributed by atoms with Crippen LogP contribution in [-0.4, -0.2) is 16.0 Å². The van der Waals surface area contributed by atoms with Crippen molar-refractivity contribution >= 4 is 27.6 Å². The molecule has 0 aliphatic carbocycles. The molecule has 5 nitrogen and oxygen atoms in total. The topological polar surface area (TPSA) is 80.4 Å². The van der Waals surface area contributed by atoms with Crippen LogP contribution in [0.2, 0.25) is 0 Å². The van der Waals surface area contributed by atoms with E-state index in [9.17, 15) is 19.3 Å². The van der Waals surface area contributed by atoms with Gasteiger partial charge in [-0.3, -0.25) is 14.9 Å². The first-order chi connectivity index (χ1) is 7.45. The summed E-state index contributed by atoms with van der Waals surface area (Å²) in [6, 6.07) is 1.94. The number of nitrogens with zero attached hydrogens (tertiary/aromatic N) is 1. The second-order valence-electron chi connectivity index (χ2n) is 3.03. The highest BCUT2D eigenvalue weighted by Crippen LogP contribution is 2.24. The predicted octanol–water partition coefficient (Wildman–Crippen LogP) is 2.26. The standard InChI is InChI=1S/C9H7BrFNO4/c10-4-6-1-5(2-9(13)14)8(12(15)16)3-7(6)11/h1,3H,2,4H2,(H,13,14). The van der Waals surface area contributed by atoms with Crippen LogP contribution >= 0.6 is 15.9 Å². The van der Waals surface area contributed by atoms with Gasteiger partial charge in [0.15, 0.2) is 0 Å². The lowest BCUT2D eigenvalue weighted by atomic mass is 10.1. The molecule has 0 bridgehead atoms. The van der Waals surface area contributed by atoms with Crippen molar-refractivity contribution < 1.29 is 19.2 Å². The molecule has 0 aliphatic heterocycles. The van der Waals surface area contributed by atoms with Crippen LogP contribution in [-0.2, 0) is 16.5 Å². The number of hydrogen-bond acceptors (Lipinski definition) is 3. The van der Waals surface area contributed by atoms with E-state index in [1.165, 1.54) is 6.07 Å². The molecule has 0 aromatic heterocycles. The Kier molecular flexibility index (Phi) is 3.94. The van der Waals surface area contributed by atoms with Gasteiger partial charge in [0, 0.05) is 10.9 Å². The Hall–Kier alpha value is -1.50. The van der Waals surface area contributed by atoms with Crippen molar-refractivity contribution in [3.05, 3.63) is 39.2 Å². The summed E-state index contributed by atoms with van der Waals surface area (Å²) in [4.78, 5) is 20.3. The molecule has 7 heteroatoms. The van der Waals surface area contributed by atoms with Crippen molar-refractivity contribution in [2.24, 2.45) is 0 Å². The molecule has 0 aliphatic rings. The average molecular weight is 292 g/mol. The minimum absolute atomic E-state index is 0.00616. The van der Waals surface area contributed by atoms with Crippen molar-refractivity contribution in [1.82, 2.24) is 0 Å². The van der Waals surface area contributed by atoms with Crippen LogP contribution in [0.25, 0.3) is 0 Å². The van der Waals surface area contributed by atoms with Crippen LogP contribution in [0.5, 0.6) is 0 Å². The number of carboxylic acids is 1. The van der Waals surface area contributed by atoms with Gasteiger partial charge in [-0.05, 0) is 11.6 Å². The average Bonchev–Trinajstić information content (AvgIpc) is 2.19. The van der Waals surface area contributed by atoms with Gasteiger partial charge >= 0.3 is 5.97 Å². The number of carbonyl (C=O) groups is 1. The number of alkyl halides is 1. The van der Waals surface area contributed by atoms with Gasteiger partial charge in [0.25, 0.3) is 5.69 Å². The van der Waals surface area contributed by atoms with E-state index in [1.807, 2.05) is 0 Å². The van der Waals surface area contributed by atoms with Gasteiger partial charge in [-0.15, -0.1) is 0 Å². The number of rotatable bonds is 4. The molecular formula is C9H7BrFNO4. The van der Waals surface area contributed by atoms with Crippen LogP contribution in [0.4, 0.5) is 10.1 Å². The molecule has 0 fully saturated rings. The number of aliphatic carboxylic acids is 1. The van der Waals surface area contributed by atoms with E-state index in [1.54, 1.807) is 0 Å². The minimum Gasteiger partial charge on any atom is -0.481 e. The maximum Gasteiger partial charge on any atom is 0.308 e. The maximum atomic E-state index is 13.2. The third kappa shape index (κ3) is 2.75. The van der Waals surface area contributed by atoms with Gasteiger partial charge in [0.2, 0.25) is 0 Å². The molecule has 1 aromatic rings. The lowest BCUT2D eigenvalue weighted by molar-refractivity contribution is -0.385. The first kappa shape index (κ1) is 12.6. The second kappa shape index (κ2) is 5.02. The van der Waals surface area contributed by atoms with Crippen molar-refractivity contribution in [2.75, 3.05) is 0 Å². The number of carboxylic acid groups (broad SMARTS) is 1. The maximum absolute atomic E-state index is 13.2. The summed E-state index contributed by atoms with van der Waals surface area (Å²) < 4.78 is 13.2. The highest BCUT2D eigenvalue weighted by atomic mass is 79.9. The molecule has 1 N–H and O–H groups in total. The first-order valence-corrected chi connectivity index (χ1v) is 5.31.